The van der Waals surface area contributed by atoms with E-state index in [1.54, 1.807) is 57.2 Å². The highest BCUT2D eigenvalue weighted by Gasteiger charge is 2.57. The number of nitrogens with one attached hydrogen (secondary N) is 1. The minimum absolute atomic E-state index is 0.371. The third-order valence-electron chi connectivity index (χ3n) is 5.70. The molecule has 0 radical (unpaired) electrons. The van der Waals surface area contributed by atoms with Gasteiger partial charge in [0.2, 0.25) is 0 Å². The van der Waals surface area contributed by atoms with Crippen molar-refractivity contribution in [3.8, 4) is 11.5 Å². The Hall–Kier alpha value is -4.20. The smallest absolute Gasteiger partial charge is 0.426 e. The zero-order chi connectivity index (χ0) is 23.5. The predicted molar refractivity (Wildman–Crippen MR) is 124 cm³/mol. The Morgan fingerprint density at radius 1 is 0.939 bits per heavy atom. The Balaban J connectivity index is 1.81. The molecule has 0 aliphatic carbocycles. The van der Waals surface area contributed by atoms with Crippen LogP contribution < -0.4 is 21.6 Å². The third kappa shape index (κ3) is 3.06. The molecule has 2 heterocycles. The summed E-state index contributed by atoms with van der Waals surface area (Å²) in [6.07, 6.45) is -0.747. The van der Waals surface area contributed by atoms with Crippen LogP contribution in [0.3, 0.4) is 0 Å². The second-order valence-electron chi connectivity index (χ2n) is 9.12. The van der Waals surface area contributed by atoms with Gasteiger partial charge in [-0.15, -0.1) is 0 Å². The van der Waals surface area contributed by atoms with Gasteiger partial charge in [0.05, 0.1) is 0 Å². The molecule has 2 aliphatic rings. The standard InChI is InChI=1S/C25H24N4O4/c1-24(2,3)33-23(31)28-29-22(30)16-6-4-5-7-17(16)25(29)18-10-8-14(26)12-20(18)32-21-13-15(27)9-11-19(21)25/h4-13H,26-27H2,1-3H3,(H,28,31). The van der Waals surface area contributed by atoms with E-state index in [0.717, 1.165) is 0 Å². The van der Waals surface area contributed by atoms with Gasteiger partial charge in [-0.2, -0.15) is 0 Å². The third-order valence-corrected chi connectivity index (χ3v) is 5.70. The molecule has 8 nitrogen and oxygen atoms in total. The van der Waals surface area contributed by atoms with E-state index in [-0.39, 0.29) is 5.91 Å². The van der Waals surface area contributed by atoms with E-state index in [1.807, 2.05) is 24.3 Å². The summed E-state index contributed by atoms with van der Waals surface area (Å²) in [7, 11) is 0. The van der Waals surface area contributed by atoms with Crippen LogP contribution in [0.5, 0.6) is 11.5 Å². The van der Waals surface area contributed by atoms with Crippen LogP contribution >= 0.6 is 0 Å². The average molecular weight is 444 g/mol. The molecule has 0 saturated heterocycles. The number of hydrazine groups is 1. The van der Waals surface area contributed by atoms with Crippen molar-refractivity contribution in [3.05, 3.63) is 82.9 Å². The summed E-state index contributed by atoms with van der Waals surface area (Å²) in [5.74, 6) is 0.561. The highest BCUT2D eigenvalue weighted by Crippen LogP contribution is 2.57. The fourth-order valence-corrected chi connectivity index (χ4v) is 4.54. The van der Waals surface area contributed by atoms with E-state index in [0.29, 0.717) is 45.1 Å². The van der Waals surface area contributed by atoms with Crippen molar-refractivity contribution in [2.45, 2.75) is 31.9 Å². The van der Waals surface area contributed by atoms with Crippen LogP contribution in [-0.4, -0.2) is 22.6 Å². The van der Waals surface area contributed by atoms with Gasteiger partial charge in [0, 0.05) is 45.8 Å². The molecule has 0 fully saturated rings. The number of benzene rings is 3. The van der Waals surface area contributed by atoms with Gasteiger partial charge in [0.1, 0.15) is 22.6 Å². The lowest BCUT2D eigenvalue weighted by Crippen LogP contribution is -2.56. The summed E-state index contributed by atoms with van der Waals surface area (Å²) in [6, 6.07) is 17.7. The van der Waals surface area contributed by atoms with Gasteiger partial charge < -0.3 is 20.9 Å². The van der Waals surface area contributed by atoms with E-state index >= 15 is 0 Å². The van der Waals surface area contributed by atoms with Crippen LogP contribution in [0.4, 0.5) is 16.2 Å². The number of ether oxygens (including phenoxy) is 2. The molecule has 5 N–H and O–H groups in total. The van der Waals surface area contributed by atoms with Crippen LogP contribution in [0.1, 0.15) is 47.8 Å². The van der Waals surface area contributed by atoms with E-state index < -0.39 is 17.2 Å². The van der Waals surface area contributed by atoms with Crippen molar-refractivity contribution in [1.82, 2.24) is 10.4 Å². The van der Waals surface area contributed by atoms with Crippen LogP contribution in [0.15, 0.2) is 60.7 Å². The van der Waals surface area contributed by atoms with Gasteiger partial charge in [-0.1, -0.05) is 30.3 Å². The first-order valence-electron chi connectivity index (χ1n) is 10.5. The molecule has 168 valence electrons. The largest absolute Gasteiger partial charge is 0.456 e. The highest BCUT2D eigenvalue weighted by atomic mass is 16.6. The van der Waals surface area contributed by atoms with Crippen LogP contribution in [-0.2, 0) is 10.3 Å². The normalized spacial score (nSPS) is 15.4. The number of carbonyl (C=O) groups is 2. The maximum atomic E-state index is 13.7. The predicted octanol–water partition coefficient (Wildman–Crippen LogP) is 4.14. The summed E-state index contributed by atoms with van der Waals surface area (Å²) in [6.45, 7) is 5.27. The Morgan fingerprint density at radius 3 is 2.09 bits per heavy atom. The van der Waals surface area contributed by atoms with Gasteiger partial charge in [-0.3, -0.25) is 4.79 Å². The summed E-state index contributed by atoms with van der Waals surface area (Å²) in [5, 5.41) is 1.32. The van der Waals surface area contributed by atoms with Crippen molar-refractivity contribution < 1.29 is 19.1 Å². The number of carbonyl (C=O) groups excluding carboxylic acids is 2. The molecule has 0 aromatic heterocycles. The van der Waals surface area contributed by atoms with Crippen LogP contribution in [0.2, 0.25) is 0 Å². The molecule has 8 heteroatoms. The SMILES string of the molecule is CC(C)(C)OC(=O)NN1C(=O)c2ccccc2C12c1ccc(N)cc1Oc1cc(N)ccc12. The van der Waals surface area contributed by atoms with Crippen molar-refractivity contribution in [2.24, 2.45) is 0 Å². The molecular formula is C25H24N4O4. The summed E-state index contributed by atoms with van der Waals surface area (Å²) >= 11 is 0. The Kier molecular flexibility index (Phi) is 4.32. The summed E-state index contributed by atoms with van der Waals surface area (Å²) in [4.78, 5) is 26.6. The topological polar surface area (TPSA) is 120 Å². The molecule has 2 aliphatic heterocycles. The van der Waals surface area contributed by atoms with E-state index in [1.165, 1.54) is 5.01 Å². The van der Waals surface area contributed by atoms with E-state index in [4.69, 9.17) is 20.9 Å². The van der Waals surface area contributed by atoms with Crippen LogP contribution in [0, 0.1) is 0 Å². The number of hydrogen-bond acceptors (Lipinski definition) is 6. The lowest BCUT2D eigenvalue weighted by Gasteiger charge is -2.43. The van der Waals surface area contributed by atoms with Gasteiger partial charge >= 0.3 is 6.09 Å². The Bertz CT molecular complexity index is 1260. The first-order chi connectivity index (χ1) is 15.6. The second-order valence-corrected chi connectivity index (χ2v) is 9.12. The Labute approximate surface area is 191 Å². The molecule has 3 aromatic carbocycles. The fraction of sp³-hybridized carbons (Fsp3) is 0.200. The van der Waals surface area contributed by atoms with Crippen LogP contribution in [0.25, 0.3) is 0 Å². The Morgan fingerprint density at radius 2 is 1.52 bits per heavy atom. The molecule has 0 atom stereocenters. The van der Waals surface area contributed by atoms with Gasteiger partial charge in [-0.25, -0.2) is 15.2 Å². The number of anilines is 2. The van der Waals surface area contributed by atoms with Gasteiger partial charge in [0.25, 0.3) is 5.91 Å². The molecule has 3 aromatic rings. The monoisotopic (exact) mass is 444 g/mol. The van der Waals surface area contributed by atoms with Gasteiger partial charge in [-0.05, 0) is 39.0 Å². The molecule has 5 rings (SSSR count). The minimum atomic E-state index is -1.21. The zero-order valence-electron chi connectivity index (χ0n) is 18.5. The first kappa shape index (κ1) is 20.7. The molecule has 0 saturated carbocycles. The number of hydrogen-bond donors (Lipinski definition) is 3. The maximum Gasteiger partial charge on any atom is 0.426 e. The molecule has 1 spiro atoms. The quantitative estimate of drug-likeness (QED) is 0.485. The van der Waals surface area contributed by atoms with Crippen molar-refractivity contribution in [3.63, 3.8) is 0 Å². The van der Waals surface area contributed by atoms with Crippen molar-refractivity contribution in [2.75, 3.05) is 11.5 Å². The molecule has 2 amide bonds. The number of fused-ring (bicyclic) bond motifs is 6. The summed E-state index contributed by atoms with van der Waals surface area (Å²) in [5.41, 5.74) is 16.3. The minimum Gasteiger partial charge on any atom is -0.456 e. The van der Waals surface area contributed by atoms with Crippen molar-refractivity contribution >= 4 is 23.4 Å². The van der Waals surface area contributed by atoms with Gasteiger partial charge in [0.15, 0.2) is 0 Å². The zero-order valence-corrected chi connectivity index (χ0v) is 18.5. The fourth-order valence-electron chi connectivity index (χ4n) is 4.54. The maximum absolute atomic E-state index is 13.7. The molecule has 0 unspecified atom stereocenters. The molecular weight excluding hydrogens is 420 g/mol. The second kappa shape index (κ2) is 6.90. The van der Waals surface area contributed by atoms with E-state index in [9.17, 15) is 9.59 Å². The molecule has 33 heavy (non-hydrogen) atoms. The first-order valence-corrected chi connectivity index (χ1v) is 10.5. The number of rotatable bonds is 1. The van der Waals surface area contributed by atoms with E-state index in [2.05, 4.69) is 5.43 Å². The lowest BCUT2D eigenvalue weighted by atomic mass is 9.75. The lowest BCUT2D eigenvalue weighted by molar-refractivity contribution is 0.0181. The molecule has 0 bridgehead atoms. The number of nitrogen functional groups attached to an aromatic ring is 2. The number of nitrogens with two attached hydrogens (primary N) is 2. The summed E-state index contributed by atoms with van der Waals surface area (Å²) < 4.78 is 11.6. The number of amides is 2. The van der Waals surface area contributed by atoms with Crippen molar-refractivity contribution in [1.29, 1.82) is 0 Å². The average Bonchev–Trinajstić information content (AvgIpc) is 2.96. The number of nitrogens with zero attached hydrogens (tertiary/aromatic N) is 1. The highest BCUT2D eigenvalue weighted by molar-refractivity contribution is 6.03.